The molecule has 0 aliphatic carbocycles. The monoisotopic (exact) mass is 354 g/mol. The van der Waals surface area contributed by atoms with Crippen LogP contribution in [0.3, 0.4) is 0 Å². The Bertz CT molecular complexity index is 789. The first-order valence-electron chi connectivity index (χ1n) is 9.14. The highest BCUT2D eigenvalue weighted by molar-refractivity contribution is 5.90. The fourth-order valence-corrected chi connectivity index (χ4v) is 3.19. The number of urea groups is 1. The molecule has 3 rings (SSSR count). The Morgan fingerprint density at radius 2 is 1.73 bits per heavy atom. The van der Waals surface area contributed by atoms with E-state index in [0.717, 1.165) is 34.7 Å². The van der Waals surface area contributed by atoms with Crippen molar-refractivity contribution in [3.8, 4) is 11.5 Å². The third-order valence-corrected chi connectivity index (χ3v) is 4.54. The zero-order chi connectivity index (χ0) is 18.5. The van der Waals surface area contributed by atoms with Gasteiger partial charge in [0.15, 0.2) is 0 Å². The van der Waals surface area contributed by atoms with Crippen molar-refractivity contribution in [1.29, 1.82) is 0 Å². The fraction of sp³-hybridized carbons (Fsp3) is 0.381. The summed E-state index contributed by atoms with van der Waals surface area (Å²) in [5, 5.41) is 3.02. The molecular weight excluding hydrogens is 328 g/mol. The standard InChI is InChI=1S/C21H26N2O3/c1-4-25-18-8-9-20(15(3)12-18)22-21(24)23-11-10-16-6-7-19(26-5-2)13-17(16)14-23/h6-9,12-13H,4-5,10-11,14H2,1-3H3,(H,22,24). The van der Waals surface area contributed by atoms with Crippen molar-refractivity contribution in [3.05, 3.63) is 53.1 Å². The van der Waals surface area contributed by atoms with E-state index >= 15 is 0 Å². The number of nitrogens with one attached hydrogen (secondary N) is 1. The van der Waals surface area contributed by atoms with Crippen molar-refractivity contribution >= 4 is 11.7 Å². The summed E-state index contributed by atoms with van der Waals surface area (Å²) in [5.41, 5.74) is 4.24. The highest BCUT2D eigenvalue weighted by Crippen LogP contribution is 2.26. The van der Waals surface area contributed by atoms with E-state index in [0.29, 0.717) is 26.3 Å². The normalized spacial score (nSPS) is 13.1. The van der Waals surface area contributed by atoms with E-state index in [4.69, 9.17) is 9.47 Å². The second-order valence-electron chi connectivity index (χ2n) is 6.37. The van der Waals surface area contributed by atoms with Gasteiger partial charge >= 0.3 is 6.03 Å². The number of carbonyl (C=O) groups is 1. The van der Waals surface area contributed by atoms with Crippen LogP contribution < -0.4 is 14.8 Å². The maximum atomic E-state index is 12.7. The van der Waals surface area contributed by atoms with Crippen LogP contribution in [-0.4, -0.2) is 30.7 Å². The first-order chi connectivity index (χ1) is 12.6. The van der Waals surface area contributed by atoms with Gasteiger partial charge in [0.25, 0.3) is 0 Å². The van der Waals surface area contributed by atoms with Gasteiger partial charge in [-0.15, -0.1) is 0 Å². The van der Waals surface area contributed by atoms with E-state index in [9.17, 15) is 4.79 Å². The number of ether oxygens (including phenoxy) is 2. The Morgan fingerprint density at radius 3 is 2.42 bits per heavy atom. The highest BCUT2D eigenvalue weighted by Gasteiger charge is 2.21. The average Bonchev–Trinajstić information content (AvgIpc) is 2.64. The molecule has 2 amide bonds. The maximum absolute atomic E-state index is 12.7. The zero-order valence-electron chi connectivity index (χ0n) is 15.7. The molecule has 1 heterocycles. The van der Waals surface area contributed by atoms with Crippen LogP contribution in [0.15, 0.2) is 36.4 Å². The summed E-state index contributed by atoms with van der Waals surface area (Å²) in [6, 6.07) is 11.8. The minimum absolute atomic E-state index is 0.0790. The van der Waals surface area contributed by atoms with Crippen molar-refractivity contribution in [1.82, 2.24) is 4.90 Å². The van der Waals surface area contributed by atoms with Gasteiger partial charge in [0.1, 0.15) is 11.5 Å². The molecule has 0 atom stereocenters. The predicted molar refractivity (Wildman–Crippen MR) is 103 cm³/mol. The van der Waals surface area contributed by atoms with Crippen molar-refractivity contribution in [2.24, 2.45) is 0 Å². The molecule has 0 saturated heterocycles. The van der Waals surface area contributed by atoms with Crippen molar-refractivity contribution in [2.75, 3.05) is 25.1 Å². The molecule has 1 aliphatic rings. The SMILES string of the molecule is CCOc1ccc(NC(=O)N2CCc3ccc(OCC)cc3C2)c(C)c1. The van der Waals surface area contributed by atoms with E-state index in [1.54, 1.807) is 0 Å². The lowest BCUT2D eigenvalue weighted by Gasteiger charge is -2.29. The number of rotatable bonds is 5. The third-order valence-electron chi connectivity index (χ3n) is 4.54. The molecular formula is C21H26N2O3. The van der Waals surface area contributed by atoms with E-state index in [1.165, 1.54) is 5.56 Å². The fourth-order valence-electron chi connectivity index (χ4n) is 3.19. The third kappa shape index (κ3) is 4.10. The Morgan fingerprint density at radius 1 is 1.04 bits per heavy atom. The number of fused-ring (bicyclic) bond motifs is 1. The van der Waals surface area contributed by atoms with Gasteiger partial charge in [0.05, 0.1) is 13.2 Å². The Kier molecular flexibility index (Phi) is 5.66. The van der Waals surface area contributed by atoms with E-state index in [2.05, 4.69) is 11.4 Å². The van der Waals surface area contributed by atoms with Gasteiger partial charge in [-0.25, -0.2) is 4.79 Å². The molecule has 0 spiro atoms. The van der Waals surface area contributed by atoms with Gasteiger partial charge in [0.2, 0.25) is 0 Å². The van der Waals surface area contributed by atoms with Crippen LogP contribution in [0.5, 0.6) is 11.5 Å². The lowest BCUT2D eigenvalue weighted by atomic mass is 10.00. The van der Waals surface area contributed by atoms with Gasteiger partial charge in [-0.3, -0.25) is 0 Å². The second-order valence-corrected chi connectivity index (χ2v) is 6.37. The van der Waals surface area contributed by atoms with Crippen LogP contribution in [0.4, 0.5) is 10.5 Å². The molecule has 0 bridgehead atoms. The minimum Gasteiger partial charge on any atom is -0.494 e. The van der Waals surface area contributed by atoms with Gasteiger partial charge in [0, 0.05) is 18.8 Å². The number of benzene rings is 2. The number of carbonyl (C=O) groups excluding carboxylic acids is 1. The number of hydrogen-bond acceptors (Lipinski definition) is 3. The summed E-state index contributed by atoms with van der Waals surface area (Å²) in [7, 11) is 0. The average molecular weight is 354 g/mol. The second kappa shape index (κ2) is 8.13. The van der Waals surface area contributed by atoms with Crippen LogP contribution in [0.1, 0.15) is 30.5 Å². The lowest BCUT2D eigenvalue weighted by molar-refractivity contribution is 0.206. The molecule has 2 aromatic carbocycles. The number of hydrogen-bond donors (Lipinski definition) is 1. The summed E-state index contributed by atoms with van der Waals surface area (Å²) >= 11 is 0. The van der Waals surface area contributed by atoms with E-state index in [-0.39, 0.29) is 6.03 Å². The molecule has 138 valence electrons. The first kappa shape index (κ1) is 18.1. The van der Waals surface area contributed by atoms with Crippen LogP contribution in [0.2, 0.25) is 0 Å². The summed E-state index contributed by atoms with van der Waals surface area (Å²) in [5.74, 6) is 1.68. The predicted octanol–water partition coefficient (Wildman–Crippen LogP) is 4.38. The molecule has 2 aromatic rings. The molecule has 0 fully saturated rings. The van der Waals surface area contributed by atoms with Crippen LogP contribution in [0, 0.1) is 6.92 Å². The van der Waals surface area contributed by atoms with Crippen LogP contribution >= 0.6 is 0 Å². The molecule has 5 heteroatoms. The molecule has 0 radical (unpaired) electrons. The highest BCUT2D eigenvalue weighted by atomic mass is 16.5. The van der Waals surface area contributed by atoms with Crippen molar-refractivity contribution in [3.63, 3.8) is 0 Å². The smallest absolute Gasteiger partial charge is 0.322 e. The summed E-state index contributed by atoms with van der Waals surface area (Å²) in [6.07, 6.45) is 0.859. The summed E-state index contributed by atoms with van der Waals surface area (Å²) in [6.45, 7) is 8.47. The number of amides is 2. The molecule has 26 heavy (non-hydrogen) atoms. The van der Waals surface area contributed by atoms with E-state index in [1.807, 2.05) is 56.0 Å². The molecule has 0 unspecified atom stereocenters. The van der Waals surface area contributed by atoms with Gasteiger partial charge in [-0.05, 0) is 74.2 Å². The van der Waals surface area contributed by atoms with Crippen LogP contribution in [0.25, 0.3) is 0 Å². The molecule has 0 saturated carbocycles. The molecule has 0 aromatic heterocycles. The Labute approximate surface area is 154 Å². The quantitative estimate of drug-likeness (QED) is 0.867. The first-order valence-corrected chi connectivity index (χ1v) is 9.14. The molecule has 1 aliphatic heterocycles. The maximum Gasteiger partial charge on any atom is 0.322 e. The zero-order valence-corrected chi connectivity index (χ0v) is 15.7. The van der Waals surface area contributed by atoms with Gasteiger partial charge < -0.3 is 19.7 Å². The molecule has 1 N–H and O–H groups in total. The van der Waals surface area contributed by atoms with Gasteiger partial charge in [-0.2, -0.15) is 0 Å². The number of nitrogens with zero attached hydrogens (tertiary/aromatic N) is 1. The largest absolute Gasteiger partial charge is 0.494 e. The van der Waals surface area contributed by atoms with Crippen LogP contribution in [-0.2, 0) is 13.0 Å². The molecule has 5 nitrogen and oxygen atoms in total. The van der Waals surface area contributed by atoms with Crippen molar-refractivity contribution < 1.29 is 14.3 Å². The van der Waals surface area contributed by atoms with E-state index < -0.39 is 0 Å². The topological polar surface area (TPSA) is 50.8 Å². The Balaban J connectivity index is 1.68. The van der Waals surface area contributed by atoms with Crippen molar-refractivity contribution in [2.45, 2.75) is 33.7 Å². The number of aryl methyl sites for hydroxylation is 1. The minimum atomic E-state index is -0.0790. The lowest BCUT2D eigenvalue weighted by Crippen LogP contribution is -2.39. The summed E-state index contributed by atoms with van der Waals surface area (Å²) < 4.78 is 11.1. The summed E-state index contributed by atoms with van der Waals surface area (Å²) in [4.78, 5) is 14.5. The Hall–Kier alpha value is -2.69. The number of anilines is 1. The van der Waals surface area contributed by atoms with Gasteiger partial charge in [-0.1, -0.05) is 6.07 Å².